The summed E-state index contributed by atoms with van der Waals surface area (Å²) >= 11 is 8.37. The standard InChI is InChI=1S/C18H22ClNS/c1-2-3-8-17(15-6-4-5-7-16(15)19)20-11-9-18-14(13-20)10-12-21-18/h4-7,10,12,17H,2-3,8-9,11,13H2,1H3. The van der Waals surface area contributed by atoms with Crippen LogP contribution in [0.3, 0.4) is 0 Å². The van der Waals surface area contributed by atoms with E-state index in [-0.39, 0.29) is 0 Å². The van der Waals surface area contributed by atoms with Crippen molar-refractivity contribution in [3.63, 3.8) is 0 Å². The molecule has 0 aliphatic carbocycles. The van der Waals surface area contributed by atoms with Crippen molar-refractivity contribution in [2.24, 2.45) is 0 Å². The third kappa shape index (κ3) is 3.33. The molecule has 0 saturated heterocycles. The van der Waals surface area contributed by atoms with E-state index >= 15 is 0 Å². The Bertz CT molecular complexity index is 592. The number of halogens is 1. The third-order valence-corrected chi connectivity index (χ3v) is 5.74. The van der Waals surface area contributed by atoms with E-state index in [9.17, 15) is 0 Å². The highest BCUT2D eigenvalue weighted by molar-refractivity contribution is 7.10. The molecule has 0 N–H and O–H groups in total. The van der Waals surface area contributed by atoms with E-state index in [0.717, 1.165) is 18.1 Å². The number of benzene rings is 1. The quantitative estimate of drug-likeness (QED) is 0.684. The average Bonchev–Trinajstić information content (AvgIpc) is 2.97. The molecule has 3 heteroatoms. The molecule has 0 saturated carbocycles. The number of nitrogens with zero attached hydrogens (tertiary/aromatic N) is 1. The van der Waals surface area contributed by atoms with Crippen LogP contribution in [0.4, 0.5) is 0 Å². The SMILES string of the molecule is CCCCC(c1ccccc1Cl)N1CCc2sccc2C1. The summed E-state index contributed by atoms with van der Waals surface area (Å²) in [7, 11) is 0. The highest BCUT2D eigenvalue weighted by Gasteiger charge is 2.26. The molecule has 2 aromatic rings. The van der Waals surface area contributed by atoms with Gasteiger partial charge in [-0.25, -0.2) is 0 Å². The monoisotopic (exact) mass is 319 g/mol. The number of unbranched alkanes of at least 4 members (excludes halogenated alkanes) is 1. The number of hydrogen-bond donors (Lipinski definition) is 0. The van der Waals surface area contributed by atoms with E-state index in [4.69, 9.17) is 11.6 Å². The van der Waals surface area contributed by atoms with Gasteiger partial charge in [-0.05, 0) is 41.5 Å². The molecule has 1 nitrogen and oxygen atoms in total. The molecule has 1 atom stereocenters. The van der Waals surface area contributed by atoms with Gasteiger partial charge in [0, 0.05) is 29.0 Å². The van der Waals surface area contributed by atoms with Gasteiger partial charge >= 0.3 is 0 Å². The molecule has 0 bridgehead atoms. The molecule has 1 aliphatic rings. The highest BCUT2D eigenvalue weighted by Crippen LogP contribution is 2.35. The van der Waals surface area contributed by atoms with Crippen molar-refractivity contribution in [2.45, 2.75) is 45.2 Å². The Balaban J connectivity index is 1.85. The van der Waals surface area contributed by atoms with Crippen molar-refractivity contribution in [1.29, 1.82) is 0 Å². The van der Waals surface area contributed by atoms with Gasteiger partial charge in [0.25, 0.3) is 0 Å². The van der Waals surface area contributed by atoms with Gasteiger partial charge < -0.3 is 0 Å². The molecule has 2 heterocycles. The fourth-order valence-corrected chi connectivity index (χ4v) is 4.37. The molecule has 1 aromatic carbocycles. The highest BCUT2D eigenvalue weighted by atomic mass is 35.5. The van der Waals surface area contributed by atoms with Crippen LogP contribution in [0.2, 0.25) is 5.02 Å². The van der Waals surface area contributed by atoms with Crippen LogP contribution in [0.5, 0.6) is 0 Å². The molecule has 1 unspecified atom stereocenters. The average molecular weight is 320 g/mol. The summed E-state index contributed by atoms with van der Waals surface area (Å²) in [4.78, 5) is 4.19. The molecule has 1 aromatic heterocycles. The van der Waals surface area contributed by atoms with Gasteiger partial charge in [0.2, 0.25) is 0 Å². The van der Waals surface area contributed by atoms with Gasteiger partial charge in [0.05, 0.1) is 0 Å². The Labute approximate surface area is 136 Å². The van der Waals surface area contributed by atoms with Gasteiger partial charge in [0.1, 0.15) is 0 Å². The Kier molecular flexibility index (Phi) is 4.99. The lowest BCUT2D eigenvalue weighted by Crippen LogP contribution is -2.33. The van der Waals surface area contributed by atoms with E-state index in [0.29, 0.717) is 6.04 Å². The van der Waals surface area contributed by atoms with Gasteiger partial charge in [-0.1, -0.05) is 49.6 Å². The molecule has 0 radical (unpaired) electrons. The number of thiophene rings is 1. The van der Waals surface area contributed by atoms with E-state index in [1.165, 1.54) is 36.8 Å². The zero-order valence-electron chi connectivity index (χ0n) is 12.5. The van der Waals surface area contributed by atoms with Crippen LogP contribution in [0.1, 0.15) is 48.2 Å². The molecular weight excluding hydrogens is 298 g/mol. The Hall–Kier alpha value is -0.830. The van der Waals surface area contributed by atoms with Crippen LogP contribution in [-0.2, 0) is 13.0 Å². The van der Waals surface area contributed by atoms with Crippen molar-refractivity contribution in [2.75, 3.05) is 6.54 Å². The Morgan fingerprint density at radius 3 is 2.95 bits per heavy atom. The summed E-state index contributed by atoms with van der Waals surface area (Å²) in [6, 6.07) is 11.1. The first-order chi connectivity index (χ1) is 10.3. The Morgan fingerprint density at radius 2 is 2.14 bits per heavy atom. The maximum atomic E-state index is 6.47. The lowest BCUT2D eigenvalue weighted by molar-refractivity contribution is 0.169. The summed E-state index contributed by atoms with van der Waals surface area (Å²) in [5, 5.41) is 3.14. The summed E-state index contributed by atoms with van der Waals surface area (Å²) < 4.78 is 0. The predicted octanol–water partition coefficient (Wildman–Crippen LogP) is 5.69. The maximum absolute atomic E-state index is 6.47. The van der Waals surface area contributed by atoms with Crippen LogP contribution < -0.4 is 0 Å². The van der Waals surface area contributed by atoms with Gasteiger partial charge in [-0.2, -0.15) is 0 Å². The van der Waals surface area contributed by atoms with Gasteiger partial charge in [0.15, 0.2) is 0 Å². The van der Waals surface area contributed by atoms with Crippen LogP contribution in [0.15, 0.2) is 35.7 Å². The zero-order valence-corrected chi connectivity index (χ0v) is 14.1. The van der Waals surface area contributed by atoms with E-state index in [1.807, 2.05) is 23.5 Å². The second-order valence-electron chi connectivity index (χ2n) is 5.77. The summed E-state index contributed by atoms with van der Waals surface area (Å²) in [5.74, 6) is 0. The topological polar surface area (TPSA) is 3.24 Å². The van der Waals surface area contributed by atoms with E-state index in [2.05, 4.69) is 35.4 Å². The second-order valence-corrected chi connectivity index (χ2v) is 7.18. The summed E-state index contributed by atoms with van der Waals surface area (Å²) in [6.07, 6.45) is 4.86. The van der Waals surface area contributed by atoms with Gasteiger partial charge in [-0.15, -0.1) is 11.3 Å². The molecule has 0 spiro atoms. The molecule has 3 rings (SSSR count). The zero-order chi connectivity index (χ0) is 14.7. The third-order valence-electron chi connectivity index (χ3n) is 4.37. The first-order valence-electron chi connectivity index (χ1n) is 7.83. The molecule has 1 aliphatic heterocycles. The molecule has 21 heavy (non-hydrogen) atoms. The normalized spacial score (nSPS) is 16.7. The minimum absolute atomic E-state index is 0.451. The molecule has 112 valence electrons. The molecule has 0 amide bonds. The van der Waals surface area contributed by atoms with Crippen molar-refractivity contribution in [3.8, 4) is 0 Å². The summed E-state index contributed by atoms with van der Waals surface area (Å²) in [6.45, 7) is 4.47. The van der Waals surface area contributed by atoms with Gasteiger partial charge in [-0.3, -0.25) is 4.90 Å². The largest absolute Gasteiger partial charge is 0.292 e. The second kappa shape index (κ2) is 6.95. The van der Waals surface area contributed by atoms with Crippen LogP contribution in [0.25, 0.3) is 0 Å². The van der Waals surface area contributed by atoms with Crippen molar-refractivity contribution in [3.05, 3.63) is 56.7 Å². The van der Waals surface area contributed by atoms with Crippen molar-refractivity contribution < 1.29 is 0 Å². The number of hydrogen-bond acceptors (Lipinski definition) is 2. The van der Waals surface area contributed by atoms with Crippen molar-refractivity contribution >= 4 is 22.9 Å². The maximum Gasteiger partial charge on any atom is 0.0453 e. The fourth-order valence-electron chi connectivity index (χ4n) is 3.21. The lowest BCUT2D eigenvalue weighted by atomic mass is 9.96. The van der Waals surface area contributed by atoms with E-state index in [1.54, 1.807) is 4.88 Å². The summed E-state index contributed by atoms with van der Waals surface area (Å²) in [5.41, 5.74) is 2.81. The van der Waals surface area contributed by atoms with E-state index < -0.39 is 0 Å². The Morgan fingerprint density at radius 1 is 1.29 bits per heavy atom. The minimum Gasteiger partial charge on any atom is -0.292 e. The molecule has 0 fully saturated rings. The first-order valence-corrected chi connectivity index (χ1v) is 9.09. The van der Waals surface area contributed by atoms with Crippen LogP contribution >= 0.6 is 22.9 Å². The first kappa shape index (κ1) is 15.1. The number of rotatable bonds is 5. The van der Waals surface area contributed by atoms with Crippen LogP contribution in [-0.4, -0.2) is 11.4 Å². The smallest absolute Gasteiger partial charge is 0.0453 e. The predicted molar refractivity (Wildman–Crippen MR) is 92.2 cm³/mol. The van der Waals surface area contributed by atoms with Crippen molar-refractivity contribution in [1.82, 2.24) is 4.90 Å². The minimum atomic E-state index is 0.451. The van der Waals surface area contributed by atoms with Crippen LogP contribution in [0, 0.1) is 0 Å². The molecular formula is C18H22ClNS. The lowest BCUT2D eigenvalue weighted by Gasteiger charge is -2.35. The number of fused-ring (bicyclic) bond motifs is 1. The fraction of sp³-hybridized carbons (Fsp3) is 0.444.